The minimum absolute atomic E-state index is 0.0366. The van der Waals surface area contributed by atoms with Crippen molar-refractivity contribution >= 4 is 33.5 Å². The predicted molar refractivity (Wildman–Crippen MR) is 104 cm³/mol. The van der Waals surface area contributed by atoms with Crippen molar-refractivity contribution in [3.05, 3.63) is 28.8 Å². The summed E-state index contributed by atoms with van der Waals surface area (Å²) in [5.74, 6) is -1.34. The Kier molecular flexibility index (Phi) is 7.44. The van der Waals surface area contributed by atoms with Crippen LogP contribution in [-0.2, 0) is 19.6 Å². The van der Waals surface area contributed by atoms with Crippen molar-refractivity contribution in [1.29, 1.82) is 0 Å². The van der Waals surface area contributed by atoms with Crippen molar-refractivity contribution in [2.75, 3.05) is 7.05 Å². The van der Waals surface area contributed by atoms with Gasteiger partial charge in [0.1, 0.15) is 0 Å². The van der Waals surface area contributed by atoms with Crippen molar-refractivity contribution < 1.29 is 22.7 Å². The third-order valence-corrected chi connectivity index (χ3v) is 6.07. The van der Waals surface area contributed by atoms with Crippen LogP contribution < -0.4 is 5.32 Å². The van der Waals surface area contributed by atoms with Crippen LogP contribution >= 0.6 is 11.6 Å². The number of ether oxygens (including phenoxy) is 1. The van der Waals surface area contributed by atoms with E-state index in [4.69, 9.17) is 16.3 Å². The van der Waals surface area contributed by atoms with Crippen molar-refractivity contribution in [2.45, 2.75) is 64.1 Å². The number of halogens is 1. The first-order valence-electron chi connectivity index (χ1n) is 8.47. The Morgan fingerprint density at radius 2 is 1.74 bits per heavy atom. The Morgan fingerprint density at radius 3 is 2.22 bits per heavy atom. The number of benzene rings is 1. The maximum Gasteiger partial charge on any atom is 0.340 e. The molecule has 0 aromatic heterocycles. The van der Waals surface area contributed by atoms with Gasteiger partial charge < -0.3 is 10.1 Å². The third-order valence-electron chi connectivity index (χ3n) is 3.71. The zero-order valence-corrected chi connectivity index (χ0v) is 18.2. The summed E-state index contributed by atoms with van der Waals surface area (Å²) in [5, 5.41) is 2.74. The SMILES string of the molecule is CC(C)N(C)S(=O)(=O)c1ccc(Cl)c(C(=O)O[C@H](C)C(=O)NC(C)(C)C)c1. The topological polar surface area (TPSA) is 92.8 Å². The van der Waals surface area contributed by atoms with E-state index in [1.54, 1.807) is 34.6 Å². The summed E-state index contributed by atoms with van der Waals surface area (Å²) >= 11 is 6.04. The number of carbonyl (C=O) groups excluding carboxylic acids is 2. The van der Waals surface area contributed by atoms with Crippen molar-refractivity contribution in [3.8, 4) is 0 Å². The molecule has 1 aromatic carbocycles. The summed E-state index contributed by atoms with van der Waals surface area (Å²) in [7, 11) is -2.34. The van der Waals surface area contributed by atoms with Crippen LogP contribution in [0.25, 0.3) is 0 Å². The summed E-state index contributed by atoms with van der Waals surface area (Å²) < 4.78 is 31.6. The molecule has 1 rings (SSSR count). The molecule has 0 aliphatic heterocycles. The molecular weight excluding hydrogens is 392 g/mol. The Morgan fingerprint density at radius 1 is 1.19 bits per heavy atom. The molecule has 0 spiro atoms. The van der Waals surface area contributed by atoms with E-state index in [9.17, 15) is 18.0 Å². The van der Waals surface area contributed by atoms with E-state index in [-0.39, 0.29) is 21.5 Å². The maximum atomic E-state index is 12.6. The van der Waals surface area contributed by atoms with Gasteiger partial charge in [0, 0.05) is 18.6 Å². The first kappa shape index (κ1) is 23.4. The number of nitrogens with one attached hydrogen (secondary N) is 1. The van der Waals surface area contributed by atoms with Crippen molar-refractivity contribution in [3.63, 3.8) is 0 Å². The van der Waals surface area contributed by atoms with Crippen LogP contribution in [0.4, 0.5) is 0 Å². The molecule has 7 nitrogen and oxygen atoms in total. The van der Waals surface area contributed by atoms with Gasteiger partial charge in [-0.05, 0) is 59.7 Å². The summed E-state index contributed by atoms with van der Waals surface area (Å²) in [4.78, 5) is 24.4. The second kappa shape index (κ2) is 8.58. The van der Waals surface area contributed by atoms with Gasteiger partial charge in [0.2, 0.25) is 10.0 Å². The zero-order valence-electron chi connectivity index (χ0n) is 16.7. The van der Waals surface area contributed by atoms with Gasteiger partial charge in [-0.15, -0.1) is 0 Å². The quantitative estimate of drug-likeness (QED) is 0.717. The maximum absolute atomic E-state index is 12.6. The second-order valence-corrected chi connectivity index (χ2v) is 9.95. The van der Waals surface area contributed by atoms with Crippen LogP contribution in [0.3, 0.4) is 0 Å². The Hall–Kier alpha value is -1.64. The monoisotopic (exact) mass is 418 g/mol. The molecule has 9 heteroatoms. The molecule has 152 valence electrons. The number of hydrogen-bond donors (Lipinski definition) is 1. The van der Waals surface area contributed by atoms with Gasteiger partial charge >= 0.3 is 5.97 Å². The summed E-state index contributed by atoms with van der Waals surface area (Å²) in [5.41, 5.74) is -0.601. The highest BCUT2D eigenvalue weighted by Gasteiger charge is 2.27. The lowest BCUT2D eigenvalue weighted by atomic mass is 10.1. The van der Waals surface area contributed by atoms with E-state index >= 15 is 0 Å². The smallest absolute Gasteiger partial charge is 0.340 e. The van der Waals surface area contributed by atoms with Crippen LogP contribution in [0.15, 0.2) is 23.1 Å². The molecule has 0 saturated carbocycles. The summed E-state index contributed by atoms with van der Waals surface area (Å²) in [6.07, 6.45) is -1.06. The number of rotatable bonds is 6. The summed E-state index contributed by atoms with van der Waals surface area (Å²) in [6.45, 7) is 10.3. The fourth-order valence-corrected chi connectivity index (χ4v) is 3.60. The van der Waals surface area contributed by atoms with E-state index in [0.29, 0.717) is 0 Å². The minimum atomic E-state index is -3.79. The second-order valence-electron chi connectivity index (χ2n) is 7.54. The van der Waals surface area contributed by atoms with Gasteiger partial charge in [-0.1, -0.05) is 11.6 Å². The molecular formula is C18H27ClN2O5S. The first-order chi connectivity index (χ1) is 12.2. The van der Waals surface area contributed by atoms with Crippen molar-refractivity contribution in [2.24, 2.45) is 0 Å². The average molecular weight is 419 g/mol. The molecule has 0 unspecified atom stereocenters. The average Bonchev–Trinajstić information content (AvgIpc) is 2.52. The molecule has 0 fully saturated rings. The fraction of sp³-hybridized carbons (Fsp3) is 0.556. The normalized spacial score (nSPS) is 13.6. The van der Waals surface area contributed by atoms with E-state index in [2.05, 4.69) is 5.32 Å². The summed E-state index contributed by atoms with van der Waals surface area (Å²) in [6, 6.07) is 3.54. The van der Waals surface area contributed by atoms with E-state index in [1.165, 1.54) is 30.4 Å². The predicted octanol–water partition coefficient (Wildman–Crippen LogP) is 2.83. The highest BCUT2D eigenvalue weighted by Crippen LogP contribution is 2.24. The lowest BCUT2D eigenvalue weighted by Gasteiger charge is -2.23. The molecule has 0 bridgehead atoms. The van der Waals surface area contributed by atoms with E-state index < -0.39 is 33.5 Å². The number of carbonyl (C=O) groups is 2. The molecule has 0 heterocycles. The van der Waals surface area contributed by atoms with Crippen LogP contribution in [0.2, 0.25) is 5.02 Å². The third kappa shape index (κ3) is 6.19. The molecule has 0 radical (unpaired) electrons. The van der Waals surface area contributed by atoms with E-state index in [1.807, 2.05) is 0 Å². The van der Waals surface area contributed by atoms with Crippen LogP contribution in [0.5, 0.6) is 0 Å². The van der Waals surface area contributed by atoms with Crippen LogP contribution in [-0.4, -0.2) is 49.3 Å². The number of nitrogens with zero attached hydrogens (tertiary/aromatic N) is 1. The largest absolute Gasteiger partial charge is 0.449 e. The zero-order chi connectivity index (χ0) is 21.2. The molecule has 1 aromatic rings. The molecule has 1 amide bonds. The minimum Gasteiger partial charge on any atom is -0.449 e. The number of hydrogen-bond acceptors (Lipinski definition) is 5. The first-order valence-corrected chi connectivity index (χ1v) is 10.3. The van der Waals surface area contributed by atoms with E-state index in [0.717, 1.165) is 6.07 Å². The Labute approximate surface area is 166 Å². The number of sulfonamides is 1. The van der Waals surface area contributed by atoms with Gasteiger partial charge in [-0.2, -0.15) is 4.31 Å². The van der Waals surface area contributed by atoms with Gasteiger partial charge in [0.25, 0.3) is 5.91 Å². The standard InChI is InChI=1S/C18H27ClN2O5S/c1-11(2)21(7)27(24,25)13-8-9-15(19)14(10-13)17(23)26-12(3)16(22)20-18(4,5)6/h8-12H,1-7H3,(H,20,22)/t12-/m1/s1. The molecule has 0 saturated heterocycles. The highest BCUT2D eigenvalue weighted by atomic mass is 35.5. The van der Waals surface area contributed by atoms with Gasteiger partial charge in [-0.3, -0.25) is 4.79 Å². The molecule has 0 aliphatic carbocycles. The highest BCUT2D eigenvalue weighted by molar-refractivity contribution is 7.89. The van der Waals surface area contributed by atoms with Crippen LogP contribution in [0, 0.1) is 0 Å². The molecule has 27 heavy (non-hydrogen) atoms. The van der Waals surface area contributed by atoms with Crippen LogP contribution in [0.1, 0.15) is 51.9 Å². The lowest BCUT2D eigenvalue weighted by Crippen LogP contribution is -2.46. The molecule has 1 N–H and O–H groups in total. The Balaban J connectivity index is 3.10. The Bertz CT molecular complexity index is 816. The van der Waals surface area contributed by atoms with Gasteiger partial charge in [0.05, 0.1) is 15.5 Å². The number of esters is 1. The van der Waals surface area contributed by atoms with Gasteiger partial charge in [0.15, 0.2) is 6.10 Å². The fourth-order valence-electron chi connectivity index (χ4n) is 2.01. The van der Waals surface area contributed by atoms with Gasteiger partial charge in [-0.25, -0.2) is 13.2 Å². The molecule has 0 aliphatic rings. The lowest BCUT2D eigenvalue weighted by molar-refractivity contribution is -0.130. The number of amides is 1. The van der Waals surface area contributed by atoms with Crippen molar-refractivity contribution in [1.82, 2.24) is 9.62 Å². The molecule has 1 atom stereocenters.